The Morgan fingerprint density at radius 1 is 1.60 bits per heavy atom. The van der Waals surface area contributed by atoms with Crippen molar-refractivity contribution in [2.24, 2.45) is 0 Å². The first kappa shape index (κ1) is 9.49. The molecule has 1 nitrogen and oxygen atoms in total. The molecule has 1 radical (unpaired) electrons. The van der Waals surface area contributed by atoms with Crippen LogP contribution in [0.1, 0.15) is 6.92 Å². The standard InChI is InChI=1S/C6H8F3O/c1-5(3-4-10-2)6(7,8)9/h3H,2,4H2,1H3/b5-3+. The lowest BCUT2D eigenvalue weighted by molar-refractivity contribution is -0.0918. The van der Waals surface area contributed by atoms with Crippen molar-refractivity contribution in [1.29, 1.82) is 0 Å². The molecule has 0 unspecified atom stereocenters. The zero-order valence-corrected chi connectivity index (χ0v) is 5.53. The lowest BCUT2D eigenvalue weighted by Crippen LogP contribution is -2.09. The van der Waals surface area contributed by atoms with E-state index in [2.05, 4.69) is 11.8 Å². The summed E-state index contributed by atoms with van der Waals surface area (Å²) in [7, 11) is 2.93. The number of rotatable bonds is 2. The fraction of sp³-hybridized carbons (Fsp3) is 0.500. The Kier molecular flexibility index (Phi) is 3.42. The molecule has 0 N–H and O–H groups in total. The summed E-state index contributed by atoms with van der Waals surface area (Å²) in [6, 6.07) is 0. The van der Waals surface area contributed by atoms with Crippen LogP contribution in [-0.2, 0) is 4.74 Å². The molecule has 0 amide bonds. The van der Waals surface area contributed by atoms with Gasteiger partial charge in [-0.05, 0) is 6.92 Å². The van der Waals surface area contributed by atoms with E-state index >= 15 is 0 Å². The largest absolute Gasteiger partial charge is 0.412 e. The van der Waals surface area contributed by atoms with Crippen LogP contribution in [0.3, 0.4) is 0 Å². The third-order valence-corrected chi connectivity index (χ3v) is 0.955. The molecule has 10 heavy (non-hydrogen) atoms. The Hall–Kier alpha value is -0.510. The van der Waals surface area contributed by atoms with E-state index in [1.807, 2.05) is 0 Å². The summed E-state index contributed by atoms with van der Waals surface area (Å²) in [5.74, 6) is 0. The van der Waals surface area contributed by atoms with E-state index in [4.69, 9.17) is 0 Å². The van der Waals surface area contributed by atoms with Crippen molar-refractivity contribution >= 4 is 0 Å². The highest BCUT2D eigenvalue weighted by molar-refractivity contribution is 5.04. The molecule has 0 saturated carbocycles. The molecule has 0 saturated heterocycles. The summed E-state index contributed by atoms with van der Waals surface area (Å²) in [5.41, 5.74) is -0.656. The quantitative estimate of drug-likeness (QED) is 0.553. The van der Waals surface area contributed by atoms with Gasteiger partial charge in [0.25, 0.3) is 0 Å². The van der Waals surface area contributed by atoms with Crippen molar-refractivity contribution in [1.82, 2.24) is 0 Å². The van der Waals surface area contributed by atoms with Crippen molar-refractivity contribution < 1.29 is 17.9 Å². The van der Waals surface area contributed by atoms with E-state index in [-0.39, 0.29) is 6.61 Å². The van der Waals surface area contributed by atoms with Crippen LogP contribution >= 0.6 is 0 Å². The molecule has 0 aliphatic heterocycles. The molecule has 4 heteroatoms. The Morgan fingerprint density at radius 2 is 2.10 bits per heavy atom. The number of alkyl halides is 3. The van der Waals surface area contributed by atoms with Gasteiger partial charge in [0.2, 0.25) is 0 Å². The van der Waals surface area contributed by atoms with E-state index < -0.39 is 11.7 Å². The van der Waals surface area contributed by atoms with Gasteiger partial charge in [-0.1, -0.05) is 6.08 Å². The highest BCUT2D eigenvalue weighted by atomic mass is 19.4. The van der Waals surface area contributed by atoms with Gasteiger partial charge in [0.1, 0.15) is 0 Å². The van der Waals surface area contributed by atoms with Gasteiger partial charge in [-0.25, -0.2) is 0 Å². The molecular formula is C6H8F3O. The van der Waals surface area contributed by atoms with Crippen molar-refractivity contribution in [3.63, 3.8) is 0 Å². The molecule has 59 valence electrons. The van der Waals surface area contributed by atoms with E-state index in [0.717, 1.165) is 13.0 Å². The first-order valence-electron chi connectivity index (χ1n) is 2.59. The summed E-state index contributed by atoms with van der Waals surface area (Å²) in [6.45, 7) is 0.879. The van der Waals surface area contributed by atoms with Crippen LogP contribution in [-0.4, -0.2) is 12.8 Å². The number of halogens is 3. The van der Waals surface area contributed by atoms with Crippen LogP contribution in [0.2, 0.25) is 0 Å². The maximum Gasteiger partial charge on any atom is 0.412 e. The first-order chi connectivity index (χ1) is 4.48. The van der Waals surface area contributed by atoms with E-state index in [0.29, 0.717) is 0 Å². The number of hydrogen-bond donors (Lipinski definition) is 0. The predicted octanol–water partition coefficient (Wildman–Crippen LogP) is 2.30. The van der Waals surface area contributed by atoms with Gasteiger partial charge in [0.05, 0.1) is 13.7 Å². The van der Waals surface area contributed by atoms with Crippen LogP contribution in [0.25, 0.3) is 0 Å². The molecule has 0 aliphatic rings. The summed E-state index contributed by atoms with van der Waals surface area (Å²) < 4.78 is 39.1. The van der Waals surface area contributed by atoms with Crippen LogP contribution in [0.15, 0.2) is 11.6 Å². The maximum absolute atomic E-state index is 11.6. The third kappa shape index (κ3) is 3.50. The smallest absolute Gasteiger partial charge is 0.375 e. The Morgan fingerprint density at radius 3 is 2.40 bits per heavy atom. The summed E-state index contributed by atoms with van der Waals surface area (Å²) in [4.78, 5) is 0. The molecule has 0 aromatic carbocycles. The first-order valence-corrected chi connectivity index (χ1v) is 2.59. The zero-order chi connectivity index (χ0) is 8.20. The molecule has 0 rings (SSSR count). The van der Waals surface area contributed by atoms with Crippen molar-refractivity contribution in [3.8, 4) is 0 Å². The van der Waals surface area contributed by atoms with Gasteiger partial charge in [-0.2, -0.15) is 13.2 Å². The van der Waals surface area contributed by atoms with E-state index in [1.54, 1.807) is 0 Å². The SMILES string of the molecule is [CH2]OC/C=C(\C)C(F)(F)F. The lowest BCUT2D eigenvalue weighted by Gasteiger charge is -2.04. The van der Waals surface area contributed by atoms with Crippen LogP contribution in [0.4, 0.5) is 13.2 Å². The summed E-state index contributed by atoms with van der Waals surface area (Å²) in [5, 5.41) is 0. The van der Waals surface area contributed by atoms with E-state index in [1.165, 1.54) is 0 Å². The number of allylic oxidation sites excluding steroid dienone is 1. The minimum Gasteiger partial charge on any atom is -0.375 e. The van der Waals surface area contributed by atoms with Gasteiger partial charge >= 0.3 is 6.18 Å². The highest BCUT2D eigenvalue weighted by Crippen LogP contribution is 2.24. The molecular weight excluding hydrogens is 145 g/mol. The van der Waals surface area contributed by atoms with Crippen LogP contribution in [0, 0.1) is 7.11 Å². The predicted molar refractivity (Wildman–Crippen MR) is 31.1 cm³/mol. The van der Waals surface area contributed by atoms with Gasteiger partial charge < -0.3 is 4.74 Å². The molecule has 0 heterocycles. The second-order valence-electron chi connectivity index (χ2n) is 1.76. The maximum atomic E-state index is 11.6. The van der Waals surface area contributed by atoms with Crippen molar-refractivity contribution in [2.75, 3.05) is 6.61 Å². The normalized spacial score (nSPS) is 13.9. The minimum atomic E-state index is -4.24. The van der Waals surface area contributed by atoms with Gasteiger partial charge in [0.15, 0.2) is 0 Å². The van der Waals surface area contributed by atoms with Crippen molar-refractivity contribution in [3.05, 3.63) is 18.8 Å². The molecule has 0 bridgehead atoms. The lowest BCUT2D eigenvalue weighted by atomic mass is 10.3. The molecule has 0 fully saturated rings. The van der Waals surface area contributed by atoms with Crippen molar-refractivity contribution in [2.45, 2.75) is 13.1 Å². The molecule has 0 aliphatic carbocycles. The molecule has 0 aromatic heterocycles. The third-order valence-electron chi connectivity index (χ3n) is 0.955. The van der Waals surface area contributed by atoms with E-state index in [9.17, 15) is 13.2 Å². The zero-order valence-electron chi connectivity index (χ0n) is 5.53. The second-order valence-corrected chi connectivity index (χ2v) is 1.76. The Labute approximate surface area is 57.5 Å². The molecule has 0 atom stereocenters. The van der Waals surface area contributed by atoms with Gasteiger partial charge in [-0.3, -0.25) is 0 Å². The number of hydrogen-bond acceptors (Lipinski definition) is 1. The Bertz CT molecular complexity index is 125. The average molecular weight is 153 g/mol. The van der Waals surface area contributed by atoms with Gasteiger partial charge in [-0.15, -0.1) is 0 Å². The van der Waals surface area contributed by atoms with Crippen LogP contribution < -0.4 is 0 Å². The summed E-state index contributed by atoms with van der Waals surface area (Å²) >= 11 is 0. The highest BCUT2D eigenvalue weighted by Gasteiger charge is 2.29. The topological polar surface area (TPSA) is 9.23 Å². The second kappa shape index (κ2) is 3.61. The minimum absolute atomic E-state index is 0.106. The fourth-order valence-corrected chi connectivity index (χ4v) is 0.300. The molecule has 0 spiro atoms. The molecule has 0 aromatic rings. The summed E-state index contributed by atoms with van der Waals surface area (Å²) in [6.07, 6.45) is -3.30. The monoisotopic (exact) mass is 153 g/mol. The fourth-order valence-electron chi connectivity index (χ4n) is 0.300. The van der Waals surface area contributed by atoms with Gasteiger partial charge in [0, 0.05) is 5.57 Å². The average Bonchev–Trinajstić information content (AvgIpc) is 1.80. The Balaban J connectivity index is 3.93. The number of ether oxygens (including phenoxy) is 1. The van der Waals surface area contributed by atoms with Crippen LogP contribution in [0.5, 0.6) is 0 Å².